The van der Waals surface area contributed by atoms with Crippen LogP contribution in [0.2, 0.25) is 0 Å². The molecule has 0 unspecified atom stereocenters. The van der Waals surface area contributed by atoms with E-state index in [-0.39, 0.29) is 18.5 Å². The lowest BCUT2D eigenvalue weighted by molar-refractivity contribution is -0.0681. The van der Waals surface area contributed by atoms with Crippen molar-refractivity contribution in [1.82, 2.24) is 0 Å². The van der Waals surface area contributed by atoms with Crippen LogP contribution in [0.4, 0.5) is 0 Å². The Morgan fingerprint density at radius 1 is 0.800 bits per heavy atom. The van der Waals surface area contributed by atoms with Gasteiger partial charge in [-0.3, -0.25) is 0 Å². The number of hydrogen-bond acceptors (Lipinski definition) is 2. The SMILES string of the molecule is CCCCCCCCC1O[C@@H](C)[C@H](C)O1. The molecule has 0 aromatic rings. The van der Waals surface area contributed by atoms with Crippen molar-refractivity contribution >= 4 is 0 Å². The van der Waals surface area contributed by atoms with Crippen LogP contribution in [0.5, 0.6) is 0 Å². The van der Waals surface area contributed by atoms with Crippen LogP contribution in [0, 0.1) is 0 Å². The Balaban J connectivity index is 1.92. The van der Waals surface area contributed by atoms with E-state index in [4.69, 9.17) is 9.47 Å². The highest BCUT2D eigenvalue weighted by Crippen LogP contribution is 2.22. The summed E-state index contributed by atoms with van der Waals surface area (Å²) in [6, 6.07) is 0. The average Bonchev–Trinajstić information content (AvgIpc) is 2.52. The maximum atomic E-state index is 5.68. The van der Waals surface area contributed by atoms with Crippen LogP contribution in [0.15, 0.2) is 0 Å². The summed E-state index contributed by atoms with van der Waals surface area (Å²) in [7, 11) is 0. The molecular weight excluding hydrogens is 188 g/mol. The van der Waals surface area contributed by atoms with E-state index in [9.17, 15) is 0 Å². The highest BCUT2D eigenvalue weighted by Gasteiger charge is 2.28. The van der Waals surface area contributed by atoms with Gasteiger partial charge in [-0.25, -0.2) is 0 Å². The van der Waals surface area contributed by atoms with Crippen molar-refractivity contribution in [2.75, 3.05) is 0 Å². The molecule has 0 radical (unpaired) electrons. The molecule has 1 heterocycles. The summed E-state index contributed by atoms with van der Waals surface area (Å²) in [5.41, 5.74) is 0. The quantitative estimate of drug-likeness (QED) is 0.599. The summed E-state index contributed by atoms with van der Waals surface area (Å²) in [5.74, 6) is 0. The van der Waals surface area contributed by atoms with Crippen LogP contribution in [0.3, 0.4) is 0 Å². The fourth-order valence-electron chi connectivity index (χ4n) is 1.96. The van der Waals surface area contributed by atoms with Gasteiger partial charge in [0.1, 0.15) is 0 Å². The third kappa shape index (κ3) is 4.98. The third-order valence-corrected chi connectivity index (χ3v) is 3.19. The van der Waals surface area contributed by atoms with E-state index in [2.05, 4.69) is 20.8 Å². The Morgan fingerprint density at radius 2 is 1.33 bits per heavy atom. The van der Waals surface area contributed by atoms with E-state index < -0.39 is 0 Å². The summed E-state index contributed by atoms with van der Waals surface area (Å²) >= 11 is 0. The molecule has 0 aliphatic carbocycles. The minimum atomic E-state index is 0.0705. The van der Waals surface area contributed by atoms with Gasteiger partial charge in [0.25, 0.3) is 0 Å². The summed E-state index contributed by atoms with van der Waals surface area (Å²) < 4.78 is 11.4. The van der Waals surface area contributed by atoms with Gasteiger partial charge in [-0.2, -0.15) is 0 Å². The molecule has 2 atom stereocenters. The van der Waals surface area contributed by atoms with Crippen molar-refractivity contribution in [1.29, 1.82) is 0 Å². The Labute approximate surface area is 94.3 Å². The predicted molar refractivity (Wildman–Crippen MR) is 62.9 cm³/mol. The van der Waals surface area contributed by atoms with Crippen molar-refractivity contribution in [3.8, 4) is 0 Å². The second kappa shape index (κ2) is 7.24. The number of rotatable bonds is 7. The van der Waals surface area contributed by atoms with Gasteiger partial charge in [-0.05, 0) is 26.7 Å². The molecule has 1 aliphatic heterocycles. The molecule has 15 heavy (non-hydrogen) atoms. The van der Waals surface area contributed by atoms with E-state index in [0.717, 1.165) is 6.42 Å². The molecule has 1 rings (SSSR count). The first-order chi connectivity index (χ1) is 7.24. The van der Waals surface area contributed by atoms with E-state index in [1.54, 1.807) is 0 Å². The highest BCUT2D eigenvalue weighted by atomic mass is 16.7. The predicted octanol–water partition coefficient (Wildman–Crippen LogP) is 3.89. The van der Waals surface area contributed by atoms with Gasteiger partial charge < -0.3 is 9.47 Å². The molecule has 0 aromatic carbocycles. The van der Waals surface area contributed by atoms with Crippen LogP contribution in [0.25, 0.3) is 0 Å². The van der Waals surface area contributed by atoms with Crippen molar-refractivity contribution in [3.63, 3.8) is 0 Å². The summed E-state index contributed by atoms with van der Waals surface area (Å²) in [6.45, 7) is 6.43. The monoisotopic (exact) mass is 214 g/mol. The Kier molecular flexibility index (Phi) is 6.26. The van der Waals surface area contributed by atoms with Gasteiger partial charge in [0, 0.05) is 0 Å². The minimum Gasteiger partial charge on any atom is -0.347 e. The smallest absolute Gasteiger partial charge is 0.158 e. The maximum absolute atomic E-state index is 5.68. The van der Waals surface area contributed by atoms with E-state index in [0.29, 0.717) is 0 Å². The molecule has 1 fully saturated rings. The van der Waals surface area contributed by atoms with Crippen LogP contribution < -0.4 is 0 Å². The van der Waals surface area contributed by atoms with Crippen LogP contribution >= 0.6 is 0 Å². The van der Waals surface area contributed by atoms with Crippen molar-refractivity contribution < 1.29 is 9.47 Å². The Bertz CT molecular complexity index is 149. The largest absolute Gasteiger partial charge is 0.347 e. The van der Waals surface area contributed by atoms with E-state index in [1.165, 1.54) is 38.5 Å². The number of ether oxygens (including phenoxy) is 2. The molecule has 90 valence electrons. The maximum Gasteiger partial charge on any atom is 0.158 e. The molecule has 0 amide bonds. The molecule has 0 spiro atoms. The Hall–Kier alpha value is -0.0800. The summed E-state index contributed by atoms with van der Waals surface area (Å²) in [5, 5.41) is 0. The van der Waals surface area contributed by atoms with Crippen LogP contribution in [0.1, 0.15) is 65.7 Å². The second-order valence-corrected chi connectivity index (χ2v) is 4.67. The van der Waals surface area contributed by atoms with Crippen LogP contribution in [-0.4, -0.2) is 18.5 Å². The number of hydrogen-bond donors (Lipinski definition) is 0. The van der Waals surface area contributed by atoms with Gasteiger partial charge in [-0.1, -0.05) is 39.0 Å². The fraction of sp³-hybridized carbons (Fsp3) is 1.00. The zero-order valence-electron chi connectivity index (χ0n) is 10.5. The zero-order valence-corrected chi connectivity index (χ0v) is 10.5. The van der Waals surface area contributed by atoms with Gasteiger partial charge in [0.05, 0.1) is 12.2 Å². The van der Waals surface area contributed by atoms with Gasteiger partial charge >= 0.3 is 0 Å². The van der Waals surface area contributed by atoms with Gasteiger partial charge in [0.15, 0.2) is 6.29 Å². The fourth-order valence-corrected chi connectivity index (χ4v) is 1.96. The van der Waals surface area contributed by atoms with E-state index >= 15 is 0 Å². The van der Waals surface area contributed by atoms with Gasteiger partial charge in [-0.15, -0.1) is 0 Å². The topological polar surface area (TPSA) is 18.5 Å². The lowest BCUT2D eigenvalue weighted by atomic mass is 10.1. The molecule has 0 saturated carbocycles. The first kappa shape index (κ1) is 13.0. The molecular formula is C13H26O2. The lowest BCUT2D eigenvalue weighted by Gasteiger charge is -2.09. The Morgan fingerprint density at radius 3 is 1.93 bits per heavy atom. The average molecular weight is 214 g/mol. The molecule has 2 heteroatoms. The van der Waals surface area contributed by atoms with Crippen molar-refractivity contribution in [2.45, 2.75) is 84.2 Å². The molecule has 1 saturated heterocycles. The first-order valence-corrected chi connectivity index (χ1v) is 6.55. The van der Waals surface area contributed by atoms with E-state index in [1.807, 2.05) is 0 Å². The third-order valence-electron chi connectivity index (χ3n) is 3.19. The minimum absolute atomic E-state index is 0.0705. The number of unbranched alkanes of at least 4 members (excludes halogenated alkanes) is 5. The summed E-state index contributed by atoms with van der Waals surface area (Å²) in [4.78, 5) is 0. The zero-order chi connectivity index (χ0) is 11.1. The molecule has 0 N–H and O–H groups in total. The highest BCUT2D eigenvalue weighted by molar-refractivity contribution is 4.69. The van der Waals surface area contributed by atoms with Crippen LogP contribution in [-0.2, 0) is 9.47 Å². The van der Waals surface area contributed by atoms with Crippen molar-refractivity contribution in [2.24, 2.45) is 0 Å². The molecule has 1 aliphatic rings. The molecule has 0 aromatic heterocycles. The second-order valence-electron chi connectivity index (χ2n) is 4.67. The summed E-state index contributed by atoms with van der Waals surface area (Å²) in [6.07, 6.45) is 9.71. The first-order valence-electron chi connectivity index (χ1n) is 6.55. The van der Waals surface area contributed by atoms with Gasteiger partial charge in [0.2, 0.25) is 0 Å². The lowest BCUT2D eigenvalue weighted by Crippen LogP contribution is -2.13. The standard InChI is InChI=1S/C13H26O2/c1-4-5-6-7-8-9-10-13-14-11(2)12(3)15-13/h11-13H,4-10H2,1-3H3/t11-,12-/m0/s1. The molecule has 0 bridgehead atoms. The van der Waals surface area contributed by atoms with Crippen molar-refractivity contribution in [3.05, 3.63) is 0 Å². The normalized spacial score (nSPS) is 27.4. The molecule has 2 nitrogen and oxygen atoms in total.